The summed E-state index contributed by atoms with van der Waals surface area (Å²) in [6.45, 7) is 0.421. The zero-order chi connectivity index (χ0) is 10.1. The molecule has 6 nitrogen and oxygen atoms in total. The predicted molar refractivity (Wildman–Crippen MR) is 47.0 cm³/mol. The summed E-state index contributed by atoms with van der Waals surface area (Å²) in [5.74, 6) is 0. The van der Waals surface area contributed by atoms with Gasteiger partial charge >= 0.3 is 5.69 Å². The minimum absolute atomic E-state index is 0.259. The molecule has 0 bridgehead atoms. The van der Waals surface area contributed by atoms with E-state index in [1.807, 2.05) is 0 Å². The quantitative estimate of drug-likeness (QED) is 0.533. The highest BCUT2D eigenvalue weighted by molar-refractivity contribution is 5.10. The van der Waals surface area contributed by atoms with Crippen LogP contribution >= 0.6 is 0 Å². The van der Waals surface area contributed by atoms with Gasteiger partial charge in [0.05, 0.1) is 18.3 Å². The van der Waals surface area contributed by atoms with Gasteiger partial charge in [0.1, 0.15) is 6.10 Å². The summed E-state index contributed by atoms with van der Waals surface area (Å²) in [6, 6.07) is 0. The van der Waals surface area contributed by atoms with Crippen LogP contribution in [0.2, 0.25) is 0 Å². The number of ether oxygens (including phenoxy) is 1. The van der Waals surface area contributed by atoms with Gasteiger partial charge in [-0.05, 0) is 6.42 Å². The lowest BCUT2D eigenvalue weighted by Gasteiger charge is -2.11. The molecule has 2 rings (SSSR count). The SMILES string of the molecule is O=c1[nH]cc([C@@H]2OCC[C@@H]2O)c(=O)[nH]1. The van der Waals surface area contributed by atoms with E-state index in [-0.39, 0.29) is 5.56 Å². The lowest BCUT2D eigenvalue weighted by atomic mass is 10.1. The van der Waals surface area contributed by atoms with Crippen LogP contribution in [0.5, 0.6) is 0 Å². The summed E-state index contributed by atoms with van der Waals surface area (Å²) in [5.41, 5.74) is -0.819. The molecule has 2 heterocycles. The molecule has 6 heteroatoms. The Kier molecular flexibility index (Phi) is 2.22. The first-order chi connectivity index (χ1) is 6.68. The largest absolute Gasteiger partial charge is 0.390 e. The Morgan fingerprint density at radius 1 is 1.50 bits per heavy atom. The molecular formula is C8H10N2O4. The van der Waals surface area contributed by atoms with Crippen molar-refractivity contribution in [2.24, 2.45) is 0 Å². The molecule has 14 heavy (non-hydrogen) atoms. The van der Waals surface area contributed by atoms with Crippen LogP contribution in [0.25, 0.3) is 0 Å². The maximum absolute atomic E-state index is 11.3. The van der Waals surface area contributed by atoms with Crippen LogP contribution in [-0.4, -0.2) is 27.8 Å². The van der Waals surface area contributed by atoms with Gasteiger partial charge in [0.15, 0.2) is 0 Å². The van der Waals surface area contributed by atoms with Crippen LogP contribution in [0.1, 0.15) is 18.1 Å². The van der Waals surface area contributed by atoms with Gasteiger partial charge in [-0.2, -0.15) is 0 Å². The Morgan fingerprint density at radius 3 is 2.86 bits per heavy atom. The van der Waals surface area contributed by atoms with Crippen molar-refractivity contribution in [3.8, 4) is 0 Å². The van der Waals surface area contributed by atoms with Gasteiger partial charge in [0.25, 0.3) is 5.56 Å². The average molecular weight is 198 g/mol. The van der Waals surface area contributed by atoms with E-state index >= 15 is 0 Å². The molecule has 0 amide bonds. The number of aliphatic hydroxyl groups excluding tert-OH is 1. The topological polar surface area (TPSA) is 95.2 Å². The Balaban J connectivity index is 2.41. The van der Waals surface area contributed by atoms with Gasteiger partial charge in [0.2, 0.25) is 0 Å². The number of hydrogen-bond donors (Lipinski definition) is 3. The number of aromatic amines is 2. The lowest BCUT2D eigenvalue weighted by Crippen LogP contribution is -2.28. The number of aliphatic hydroxyl groups is 1. The van der Waals surface area contributed by atoms with E-state index in [0.29, 0.717) is 13.0 Å². The van der Waals surface area contributed by atoms with Crippen LogP contribution in [0.3, 0.4) is 0 Å². The third-order valence-corrected chi connectivity index (χ3v) is 2.22. The van der Waals surface area contributed by atoms with Crippen LogP contribution in [0.4, 0.5) is 0 Å². The minimum Gasteiger partial charge on any atom is -0.390 e. The lowest BCUT2D eigenvalue weighted by molar-refractivity contribution is 0.0405. The van der Waals surface area contributed by atoms with E-state index in [2.05, 4.69) is 9.97 Å². The first-order valence-electron chi connectivity index (χ1n) is 4.30. The molecule has 76 valence electrons. The Morgan fingerprint density at radius 2 is 2.29 bits per heavy atom. The second-order valence-corrected chi connectivity index (χ2v) is 3.17. The van der Waals surface area contributed by atoms with Crippen LogP contribution in [-0.2, 0) is 4.74 Å². The van der Waals surface area contributed by atoms with Crippen molar-refractivity contribution < 1.29 is 9.84 Å². The highest BCUT2D eigenvalue weighted by Crippen LogP contribution is 2.25. The summed E-state index contributed by atoms with van der Waals surface area (Å²) < 4.78 is 5.18. The van der Waals surface area contributed by atoms with E-state index < -0.39 is 23.5 Å². The van der Waals surface area contributed by atoms with Crippen molar-refractivity contribution in [1.82, 2.24) is 9.97 Å². The maximum atomic E-state index is 11.3. The van der Waals surface area contributed by atoms with Gasteiger partial charge in [0, 0.05) is 6.20 Å². The fourth-order valence-corrected chi connectivity index (χ4v) is 1.51. The van der Waals surface area contributed by atoms with E-state index in [4.69, 9.17) is 4.74 Å². The molecule has 1 aromatic rings. The molecule has 3 N–H and O–H groups in total. The van der Waals surface area contributed by atoms with Gasteiger partial charge < -0.3 is 14.8 Å². The molecule has 0 radical (unpaired) electrons. The zero-order valence-corrected chi connectivity index (χ0v) is 7.32. The third-order valence-electron chi connectivity index (χ3n) is 2.22. The molecule has 2 atom stereocenters. The van der Waals surface area contributed by atoms with Crippen molar-refractivity contribution in [3.05, 3.63) is 32.6 Å². The fraction of sp³-hybridized carbons (Fsp3) is 0.500. The first kappa shape index (κ1) is 9.17. The zero-order valence-electron chi connectivity index (χ0n) is 7.32. The Labute approximate surface area is 78.6 Å². The van der Waals surface area contributed by atoms with Gasteiger partial charge in [-0.3, -0.25) is 9.78 Å². The second-order valence-electron chi connectivity index (χ2n) is 3.17. The van der Waals surface area contributed by atoms with Crippen molar-refractivity contribution >= 4 is 0 Å². The molecule has 0 aromatic carbocycles. The fourth-order valence-electron chi connectivity index (χ4n) is 1.51. The van der Waals surface area contributed by atoms with Crippen molar-refractivity contribution in [1.29, 1.82) is 0 Å². The summed E-state index contributed by atoms with van der Waals surface area (Å²) in [5, 5.41) is 9.47. The molecule has 0 unspecified atom stereocenters. The standard InChI is InChI=1S/C8H10N2O4/c11-5-1-2-14-6(5)4-3-9-8(13)10-7(4)12/h3,5-6,11H,1-2H2,(H2,9,10,12,13)/t5-,6-/m0/s1. The molecule has 1 aliphatic rings. The molecular weight excluding hydrogens is 188 g/mol. The van der Waals surface area contributed by atoms with Gasteiger partial charge in [-0.15, -0.1) is 0 Å². The number of H-pyrrole nitrogens is 2. The molecule has 1 fully saturated rings. The van der Waals surface area contributed by atoms with Crippen molar-refractivity contribution in [2.45, 2.75) is 18.6 Å². The van der Waals surface area contributed by atoms with Gasteiger partial charge in [-0.25, -0.2) is 4.79 Å². The van der Waals surface area contributed by atoms with Crippen LogP contribution in [0, 0.1) is 0 Å². The summed E-state index contributed by atoms with van der Waals surface area (Å²) in [7, 11) is 0. The van der Waals surface area contributed by atoms with Crippen LogP contribution in [0.15, 0.2) is 15.8 Å². The summed E-state index contributed by atoms with van der Waals surface area (Å²) in [4.78, 5) is 26.4. The van der Waals surface area contributed by atoms with Crippen molar-refractivity contribution in [3.63, 3.8) is 0 Å². The smallest absolute Gasteiger partial charge is 0.325 e. The number of rotatable bonds is 1. The van der Waals surface area contributed by atoms with E-state index in [1.165, 1.54) is 6.20 Å². The van der Waals surface area contributed by atoms with Crippen LogP contribution < -0.4 is 11.2 Å². The Hall–Kier alpha value is -1.40. The summed E-state index contributed by atoms with van der Waals surface area (Å²) >= 11 is 0. The molecule has 0 saturated carbocycles. The first-order valence-corrected chi connectivity index (χ1v) is 4.30. The number of nitrogens with one attached hydrogen (secondary N) is 2. The normalized spacial score (nSPS) is 26.6. The molecule has 1 aliphatic heterocycles. The second kappa shape index (κ2) is 3.39. The van der Waals surface area contributed by atoms with Gasteiger partial charge in [-0.1, -0.05) is 0 Å². The highest BCUT2D eigenvalue weighted by atomic mass is 16.5. The summed E-state index contributed by atoms with van der Waals surface area (Å²) in [6.07, 6.45) is 0.474. The highest BCUT2D eigenvalue weighted by Gasteiger charge is 2.29. The number of aromatic nitrogens is 2. The third kappa shape index (κ3) is 1.49. The molecule has 0 spiro atoms. The van der Waals surface area contributed by atoms with E-state index in [0.717, 1.165) is 0 Å². The Bertz CT molecular complexity index is 435. The van der Waals surface area contributed by atoms with E-state index in [1.54, 1.807) is 0 Å². The number of hydrogen-bond acceptors (Lipinski definition) is 4. The average Bonchev–Trinajstić information content (AvgIpc) is 2.52. The predicted octanol–water partition coefficient (Wildman–Crippen LogP) is -1.11. The molecule has 1 saturated heterocycles. The van der Waals surface area contributed by atoms with Crippen molar-refractivity contribution in [2.75, 3.05) is 6.61 Å². The molecule has 1 aromatic heterocycles. The monoisotopic (exact) mass is 198 g/mol. The minimum atomic E-state index is -0.679. The maximum Gasteiger partial charge on any atom is 0.325 e. The van der Waals surface area contributed by atoms with E-state index in [9.17, 15) is 14.7 Å². The molecule has 0 aliphatic carbocycles.